The van der Waals surface area contributed by atoms with Crippen LogP contribution in [0.3, 0.4) is 0 Å². The molecule has 0 fully saturated rings. The van der Waals surface area contributed by atoms with E-state index in [-0.39, 0.29) is 17.3 Å². The highest BCUT2D eigenvalue weighted by Crippen LogP contribution is 2.33. The Hall–Kier alpha value is -2.69. The smallest absolute Gasteiger partial charge is 0.214 e. The Balaban J connectivity index is 2.17. The van der Waals surface area contributed by atoms with Crippen molar-refractivity contribution in [3.8, 4) is 0 Å². The number of para-hydroxylation sites is 1. The van der Waals surface area contributed by atoms with Gasteiger partial charge < -0.3 is 4.98 Å². The quantitative estimate of drug-likeness (QED) is 0.584. The first kappa shape index (κ1) is 14.3. The maximum atomic E-state index is 13.1. The Morgan fingerprint density at radius 2 is 1.86 bits per heavy atom. The second kappa shape index (κ2) is 5.60. The number of halogens is 1. The van der Waals surface area contributed by atoms with Crippen LogP contribution in [-0.2, 0) is 0 Å². The number of nitro groups is 1. The summed E-state index contributed by atoms with van der Waals surface area (Å²) in [6, 6.07) is 13.6. The molecule has 0 spiro atoms. The summed E-state index contributed by atoms with van der Waals surface area (Å²) < 4.78 is 13.1. The van der Waals surface area contributed by atoms with Crippen molar-refractivity contribution in [2.24, 2.45) is 0 Å². The molecule has 3 aromatic rings. The van der Waals surface area contributed by atoms with Crippen LogP contribution in [0.4, 0.5) is 4.39 Å². The van der Waals surface area contributed by atoms with E-state index in [1.807, 2.05) is 31.2 Å². The van der Waals surface area contributed by atoms with Gasteiger partial charge in [0.25, 0.3) is 0 Å². The minimum atomic E-state index is -0.410. The van der Waals surface area contributed by atoms with Gasteiger partial charge in [-0.3, -0.25) is 10.1 Å². The summed E-state index contributed by atoms with van der Waals surface area (Å²) in [5.41, 5.74) is 3.49. The van der Waals surface area contributed by atoms with Crippen LogP contribution in [0.5, 0.6) is 0 Å². The standard InChI is InChI=1S/C17H15FN2O2/c1-11-17(14-4-2-3-5-16(14)19-11)15(10-20(21)22)12-6-8-13(18)9-7-12/h2-9,15,19H,10H2,1H3/t15-/m1/s1. The van der Waals surface area contributed by atoms with E-state index in [0.717, 1.165) is 27.7 Å². The largest absolute Gasteiger partial charge is 0.358 e. The summed E-state index contributed by atoms with van der Waals surface area (Å²) in [6.45, 7) is 1.68. The van der Waals surface area contributed by atoms with Gasteiger partial charge in [-0.05, 0) is 36.2 Å². The van der Waals surface area contributed by atoms with Crippen LogP contribution >= 0.6 is 0 Å². The van der Waals surface area contributed by atoms with Gasteiger partial charge in [-0.1, -0.05) is 30.3 Å². The fourth-order valence-electron chi connectivity index (χ4n) is 2.95. The van der Waals surface area contributed by atoms with Crippen molar-refractivity contribution in [2.45, 2.75) is 12.8 Å². The van der Waals surface area contributed by atoms with Crippen LogP contribution in [0.2, 0.25) is 0 Å². The summed E-state index contributed by atoms with van der Waals surface area (Å²) in [7, 11) is 0. The lowest BCUT2D eigenvalue weighted by Gasteiger charge is -2.14. The van der Waals surface area contributed by atoms with Gasteiger partial charge in [0, 0.05) is 21.5 Å². The molecule has 0 unspecified atom stereocenters. The van der Waals surface area contributed by atoms with Crippen molar-refractivity contribution in [3.05, 3.63) is 81.3 Å². The summed E-state index contributed by atoms with van der Waals surface area (Å²) in [4.78, 5) is 14.1. The molecule has 1 aromatic heterocycles. The number of aromatic nitrogens is 1. The molecule has 1 atom stereocenters. The lowest BCUT2D eigenvalue weighted by molar-refractivity contribution is -0.481. The van der Waals surface area contributed by atoms with E-state index in [1.165, 1.54) is 12.1 Å². The average molecular weight is 298 g/mol. The van der Waals surface area contributed by atoms with Gasteiger partial charge in [0.1, 0.15) is 5.82 Å². The number of benzene rings is 2. The highest BCUT2D eigenvalue weighted by Gasteiger charge is 2.25. The maximum Gasteiger partial charge on any atom is 0.214 e. The van der Waals surface area contributed by atoms with E-state index in [0.29, 0.717) is 0 Å². The number of hydrogen-bond acceptors (Lipinski definition) is 2. The average Bonchev–Trinajstić information content (AvgIpc) is 2.81. The molecule has 5 heteroatoms. The Morgan fingerprint density at radius 1 is 1.18 bits per heavy atom. The molecule has 1 heterocycles. The number of nitrogens with one attached hydrogen (secondary N) is 1. The molecule has 0 aliphatic rings. The molecule has 2 aromatic carbocycles. The van der Waals surface area contributed by atoms with Crippen molar-refractivity contribution >= 4 is 10.9 Å². The number of aryl methyl sites for hydroxylation is 1. The van der Waals surface area contributed by atoms with Crippen molar-refractivity contribution in [1.29, 1.82) is 0 Å². The maximum absolute atomic E-state index is 13.1. The zero-order valence-corrected chi connectivity index (χ0v) is 12.0. The number of aromatic amines is 1. The van der Waals surface area contributed by atoms with E-state index in [2.05, 4.69) is 4.98 Å². The van der Waals surface area contributed by atoms with E-state index >= 15 is 0 Å². The highest BCUT2D eigenvalue weighted by molar-refractivity contribution is 5.85. The topological polar surface area (TPSA) is 58.9 Å². The number of H-pyrrole nitrogens is 1. The molecule has 0 aliphatic heterocycles. The fourth-order valence-corrected chi connectivity index (χ4v) is 2.95. The van der Waals surface area contributed by atoms with Gasteiger partial charge in [0.2, 0.25) is 6.54 Å². The van der Waals surface area contributed by atoms with E-state index in [4.69, 9.17) is 0 Å². The molecule has 4 nitrogen and oxygen atoms in total. The van der Waals surface area contributed by atoms with Crippen LogP contribution in [0.25, 0.3) is 10.9 Å². The minimum Gasteiger partial charge on any atom is -0.358 e. The normalized spacial score (nSPS) is 12.5. The molecule has 0 radical (unpaired) electrons. The lowest BCUT2D eigenvalue weighted by Crippen LogP contribution is -2.14. The Morgan fingerprint density at radius 3 is 2.55 bits per heavy atom. The van der Waals surface area contributed by atoms with Crippen molar-refractivity contribution in [3.63, 3.8) is 0 Å². The van der Waals surface area contributed by atoms with Crippen LogP contribution in [0.15, 0.2) is 48.5 Å². The first-order valence-electron chi connectivity index (χ1n) is 7.00. The van der Waals surface area contributed by atoms with Gasteiger partial charge in [-0.2, -0.15) is 0 Å². The third-order valence-corrected chi connectivity index (χ3v) is 3.90. The number of nitrogens with zero attached hydrogens (tertiary/aromatic N) is 1. The zero-order valence-electron chi connectivity index (χ0n) is 12.0. The molecule has 0 bridgehead atoms. The van der Waals surface area contributed by atoms with Crippen LogP contribution in [0.1, 0.15) is 22.7 Å². The number of hydrogen-bond donors (Lipinski definition) is 1. The lowest BCUT2D eigenvalue weighted by atomic mass is 9.89. The van der Waals surface area contributed by atoms with Crippen LogP contribution in [0, 0.1) is 22.9 Å². The van der Waals surface area contributed by atoms with Gasteiger partial charge in [-0.25, -0.2) is 4.39 Å². The molecule has 0 saturated carbocycles. The summed E-state index contributed by atoms with van der Waals surface area (Å²) in [5, 5.41) is 12.1. The van der Waals surface area contributed by atoms with Crippen LogP contribution in [-0.4, -0.2) is 16.5 Å². The van der Waals surface area contributed by atoms with Gasteiger partial charge in [-0.15, -0.1) is 0 Å². The molecule has 3 rings (SSSR count). The second-order valence-electron chi connectivity index (χ2n) is 5.33. The van der Waals surface area contributed by atoms with Gasteiger partial charge >= 0.3 is 0 Å². The van der Waals surface area contributed by atoms with Crippen molar-refractivity contribution < 1.29 is 9.31 Å². The second-order valence-corrected chi connectivity index (χ2v) is 5.33. The summed E-state index contributed by atoms with van der Waals surface area (Å²) >= 11 is 0. The van der Waals surface area contributed by atoms with E-state index < -0.39 is 5.92 Å². The number of fused-ring (bicyclic) bond motifs is 1. The third kappa shape index (κ3) is 2.57. The molecular weight excluding hydrogens is 283 g/mol. The first-order valence-corrected chi connectivity index (χ1v) is 7.00. The molecule has 0 saturated heterocycles. The predicted molar refractivity (Wildman–Crippen MR) is 83.1 cm³/mol. The third-order valence-electron chi connectivity index (χ3n) is 3.90. The Labute approximate surface area is 126 Å². The monoisotopic (exact) mass is 298 g/mol. The minimum absolute atomic E-state index is 0.228. The van der Waals surface area contributed by atoms with Gasteiger partial charge in [0.05, 0.1) is 5.92 Å². The zero-order chi connectivity index (χ0) is 15.7. The van der Waals surface area contributed by atoms with Gasteiger partial charge in [0.15, 0.2) is 0 Å². The molecule has 112 valence electrons. The van der Waals surface area contributed by atoms with E-state index in [1.54, 1.807) is 12.1 Å². The Bertz CT molecular complexity index is 824. The Kier molecular flexibility index (Phi) is 3.63. The summed E-state index contributed by atoms with van der Waals surface area (Å²) in [6.07, 6.45) is 0. The molecule has 0 amide bonds. The van der Waals surface area contributed by atoms with Crippen LogP contribution < -0.4 is 0 Å². The number of rotatable bonds is 4. The van der Waals surface area contributed by atoms with E-state index in [9.17, 15) is 14.5 Å². The van der Waals surface area contributed by atoms with Crippen molar-refractivity contribution in [1.82, 2.24) is 4.98 Å². The fraction of sp³-hybridized carbons (Fsp3) is 0.176. The first-order chi connectivity index (χ1) is 10.6. The predicted octanol–water partition coefficient (Wildman–Crippen LogP) is 4.02. The van der Waals surface area contributed by atoms with Crippen molar-refractivity contribution in [2.75, 3.05) is 6.54 Å². The molecular formula is C17H15FN2O2. The highest BCUT2D eigenvalue weighted by atomic mass is 19.1. The SMILES string of the molecule is Cc1[nH]c2ccccc2c1[C@H](C[N+](=O)[O-])c1ccc(F)cc1. The molecule has 22 heavy (non-hydrogen) atoms. The molecule has 0 aliphatic carbocycles. The molecule has 1 N–H and O–H groups in total. The summed E-state index contributed by atoms with van der Waals surface area (Å²) in [5.74, 6) is -0.758.